The van der Waals surface area contributed by atoms with Gasteiger partial charge < -0.3 is 16.5 Å². The molecule has 1 fully saturated rings. The van der Waals surface area contributed by atoms with E-state index in [2.05, 4.69) is 9.82 Å². The Bertz CT molecular complexity index is 1400. The number of nitrogens with zero attached hydrogens (tertiary/aromatic N) is 2. The summed E-state index contributed by atoms with van der Waals surface area (Å²) >= 11 is 0. The third-order valence-corrected chi connectivity index (χ3v) is 8.23. The Kier molecular flexibility index (Phi) is 7.56. The van der Waals surface area contributed by atoms with Gasteiger partial charge >= 0.3 is 0 Å². The number of likely N-dealkylation sites (N-methyl/N-ethyl adjacent to an activating group) is 1. The quantitative estimate of drug-likeness (QED) is 0.185. The number of amides is 1. The van der Waals surface area contributed by atoms with Crippen molar-refractivity contribution in [3.05, 3.63) is 77.6 Å². The molecule has 3 aromatic rings. The lowest BCUT2D eigenvalue weighted by atomic mass is 10.0. The molecule has 36 heavy (non-hydrogen) atoms. The predicted molar refractivity (Wildman–Crippen MR) is 138 cm³/mol. The third-order valence-electron chi connectivity index (χ3n) is 6.76. The van der Waals surface area contributed by atoms with Gasteiger partial charge in [0, 0.05) is 25.1 Å². The van der Waals surface area contributed by atoms with Gasteiger partial charge in [-0.15, -0.1) is 0 Å². The number of carbonyl (C=O) groups excluding carboxylic acids is 1. The maximum Gasteiger partial charge on any atom is 0.241 e. The molecule has 10 heteroatoms. The SMILES string of the molecule is CN(C(=O)[C@H](Cc1ccc(/C(N)=N/N)cc1F)NS(=O)(=O)c1ccc2ccccc2c1)C1CCCC1. The van der Waals surface area contributed by atoms with Crippen molar-refractivity contribution in [1.29, 1.82) is 0 Å². The number of amidine groups is 1. The van der Waals surface area contributed by atoms with Crippen LogP contribution in [0.4, 0.5) is 4.39 Å². The molecule has 0 aliphatic heterocycles. The summed E-state index contributed by atoms with van der Waals surface area (Å²) < 4.78 is 44.2. The van der Waals surface area contributed by atoms with E-state index in [-0.39, 0.29) is 28.8 Å². The fourth-order valence-corrected chi connectivity index (χ4v) is 5.88. The topological polar surface area (TPSA) is 131 Å². The number of nitrogens with one attached hydrogen (secondary N) is 1. The third kappa shape index (κ3) is 5.50. The molecule has 1 aliphatic rings. The molecular weight excluding hydrogens is 481 g/mol. The van der Waals surface area contributed by atoms with Gasteiger partial charge in [0.15, 0.2) is 0 Å². The zero-order valence-electron chi connectivity index (χ0n) is 20.0. The maximum absolute atomic E-state index is 14.9. The van der Waals surface area contributed by atoms with Crippen molar-refractivity contribution >= 4 is 32.5 Å². The van der Waals surface area contributed by atoms with Gasteiger partial charge in [0.05, 0.1) is 4.90 Å². The molecule has 8 nitrogen and oxygen atoms in total. The number of benzene rings is 3. The van der Waals surface area contributed by atoms with Crippen LogP contribution >= 0.6 is 0 Å². The second-order valence-corrected chi connectivity index (χ2v) is 10.8. The van der Waals surface area contributed by atoms with Gasteiger partial charge in [-0.2, -0.15) is 9.82 Å². The lowest BCUT2D eigenvalue weighted by Crippen LogP contribution is -2.50. The molecule has 4 rings (SSSR count). The molecule has 0 saturated heterocycles. The van der Waals surface area contributed by atoms with Crippen LogP contribution in [-0.2, 0) is 21.2 Å². The van der Waals surface area contributed by atoms with Crippen LogP contribution < -0.4 is 16.3 Å². The zero-order chi connectivity index (χ0) is 25.9. The summed E-state index contributed by atoms with van der Waals surface area (Å²) in [7, 11) is -2.41. The van der Waals surface area contributed by atoms with E-state index in [4.69, 9.17) is 11.6 Å². The summed E-state index contributed by atoms with van der Waals surface area (Å²) in [5, 5.41) is 5.02. The minimum atomic E-state index is -4.09. The Labute approximate surface area is 210 Å². The molecule has 0 aromatic heterocycles. The molecule has 1 saturated carbocycles. The number of sulfonamides is 1. The minimum Gasteiger partial charge on any atom is -0.382 e. The number of carbonyl (C=O) groups is 1. The van der Waals surface area contributed by atoms with E-state index in [9.17, 15) is 17.6 Å². The molecule has 5 N–H and O–H groups in total. The number of rotatable bonds is 8. The number of fused-ring (bicyclic) bond motifs is 1. The number of hydrogen-bond acceptors (Lipinski definition) is 5. The van der Waals surface area contributed by atoms with Crippen LogP contribution in [0.2, 0.25) is 0 Å². The standard InChI is InChI=1S/C26H30FN5O3S/c1-32(21-8-4-5-9-21)26(33)24(16-19-10-11-20(15-23(19)27)25(28)30-29)31-36(34,35)22-13-12-17-6-2-3-7-18(17)14-22/h2-3,6-7,10-15,21,24,31H,4-5,8-9,16,29H2,1H3,(H2,28,30)/t24-/m0/s1. The molecule has 0 spiro atoms. The van der Waals surface area contributed by atoms with Crippen molar-refractivity contribution in [2.24, 2.45) is 16.7 Å². The molecule has 190 valence electrons. The summed E-state index contributed by atoms with van der Waals surface area (Å²) in [5.74, 6) is 4.10. The molecule has 0 heterocycles. The average molecular weight is 512 g/mol. The lowest BCUT2D eigenvalue weighted by Gasteiger charge is -2.29. The minimum absolute atomic E-state index is 0.0259. The van der Waals surface area contributed by atoms with Gasteiger partial charge in [0.2, 0.25) is 15.9 Å². The van der Waals surface area contributed by atoms with Crippen LogP contribution in [0.5, 0.6) is 0 Å². The molecular formula is C26H30FN5O3S. The highest BCUT2D eigenvalue weighted by Crippen LogP contribution is 2.25. The maximum atomic E-state index is 14.9. The van der Waals surface area contributed by atoms with Crippen molar-refractivity contribution in [3.63, 3.8) is 0 Å². The number of nitrogens with two attached hydrogens (primary N) is 2. The number of halogens is 1. The van der Waals surface area contributed by atoms with Crippen LogP contribution in [0, 0.1) is 5.82 Å². The van der Waals surface area contributed by atoms with Gasteiger partial charge in [-0.1, -0.05) is 55.3 Å². The number of hydrazone groups is 1. The van der Waals surface area contributed by atoms with Gasteiger partial charge in [-0.25, -0.2) is 12.8 Å². The summed E-state index contributed by atoms with van der Waals surface area (Å²) in [4.78, 5) is 15.1. The monoisotopic (exact) mass is 511 g/mol. The van der Waals surface area contributed by atoms with Crippen LogP contribution in [0.25, 0.3) is 10.8 Å². The number of hydrogen-bond donors (Lipinski definition) is 3. The summed E-state index contributed by atoms with van der Waals surface area (Å²) in [5.41, 5.74) is 6.13. The summed E-state index contributed by atoms with van der Waals surface area (Å²) in [6, 6.07) is 15.2. The summed E-state index contributed by atoms with van der Waals surface area (Å²) in [6.07, 6.45) is 3.56. The average Bonchev–Trinajstić information content (AvgIpc) is 3.42. The van der Waals surface area contributed by atoms with Crippen LogP contribution in [0.15, 0.2) is 70.7 Å². The van der Waals surface area contributed by atoms with Crippen molar-refractivity contribution in [2.45, 2.75) is 49.1 Å². The van der Waals surface area contributed by atoms with E-state index < -0.39 is 27.8 Å². The second-order valence-electron chi connectivity index (χ2n) is 9.09. The highest BCUT2D eigenvalue weighted by molar-refractivity contribution is 7.89. The van der Waals surface area contributed by atoms with E-state index >= 15 is 0 Å². The van der Waals surface area contributed by atoms with Gasteiger partial charge in [0.25, 0.3) is 0 Å². The molecule has 0 unspecified atom stereocenters. The van der Waals surface area contributed by atoms with E-state index in [0.717, 1.165) is 36.5 Å². The zero-order valence-corrected chi connectivity index (χ0v) is 20.8. The van der Waals surface area contributed by atoms with Gasteiger partial charge in [-0.05, 0) is 47.4 Å². The van der Waals surface area contributed by atoms with E-state index in [1.165, 1.54) is 24.3 Å². The molecule has 0 bridgehead atoms. The lowest BCUT2D eigenvalue weighted by molar-refractivity contribution is -0.133. The first-order valence-electron chi connectivity index (χ1n) is 11.8. The van der Waals surface area contributed by atoms with E-state index in [1.54, 1.807) is 24.1 Å². The van der Waals surface area contributed by atoms with Crippen LogP contribution in [0.3, 0.4) is 0 Å². The Morgan fingerprint density at radius 2 is 1.81 bits per heavy atom. The Morgan fingerprint density at radius 1 is 1.11 bits per heavy atom. The fraction of sp³-hybridized carbons (Fsp3) is 0.308. The summed E-state index contributed by atoms with van der Waals surface area (Å²) in [6.45, 7) is 0. The molecule has 0 radical (unpaired) electrons. The normalized spacial score (nSPS) is 15.8. The van der Waals surface area contributed by atoms with Gasteiger partial charge in [-0.3, -0.25) is 4.79 Å². The second kappa shape index (κ2) is 10.6. The fourth-order valence-electron chi connectivity index (χ4n) is 4.65. The molecule has 1 atom stereocenters. The molecule has 1 amide bonds. The van der Waals surface area contributed by atoms with Crippen molar-refractivity contribution < 1.29 is 17.6 Å². The first-order chi connectivity index (χ1) is 17.2. The van der Waals surface area contributed by atoms with Crippen LogP contribution in [0.1, 0.15) is 36.8 Å². The largest absolute Gasteiger partial charge is 0.382 e. The Balaban J connectivity index is 1.66. The van der Waals surface area contributed by atoms with Crippen molar-refractivity contribution in [2.75, 3.05) is 7.05 Å². The smallest absolute Gasteiger partial charge is 0.241 e. The first-order valence-corrected chi connectivity index (χ1v) is 13.3. The highest BCUT2D eigenvalue weighted by atomic mass is 32.2. The van der Waals surface area contributed by atoms with Crippen LogP contribution in [-0.4, -0.2) is 44.2 Å². The van der Waals surface area contributed by atoms with E-state index in [1.807, 2.05) is 24.3 Å². The molecule has 1 aliphatic carbocycles. The van der Waals surface area contributed by atoms with Crippen molar-refractivity contribution in [1.82, 2.24) is 9.62 Å². The van der Waals surface area contributed by atoms with Gasteiger partial charge in [0.1, 0.15) is 17.7 Å². The Morgan fingerprint density at radius 3 is 2.47 bits per heavy atom. The highest BCUT2D eigenvalue weighted by Gasteiger charge is 2.33. The molecule has 3 aromatic carbocycles. The predicted octanol–water partition coefficient (Wildman–Crippen LogP) is 2.85. The first kappa shape index (κ1) is 25.6. The Hall–Kier alpha value is -3.50. The van der Waals surface area contributed by atoms with Crippen molar-refractivity contribution in [3.8, 4) is 0 Å². The van der Waals surface area contributed by atoms with E-state index in [0.29, 0.717) is 5.56 Å².